The van der Waals surface area contributed by atoms with Gasteiger partial charge in [-0.25, -0.2) is 9.97 Å². The van der Waals surface area contributed by atoms with Crippen LogP contribution in [0.4, 0.5) is 17.1 Å². The zero-order chi connectivity index (χ0) is 36.3. The molecule has 0 atom stereocenters. The minimum atomic E-state index is 0.684. The molecule has 0 aliphatic carbocycles. The summed E-state index contributed by atoms with van der Waals surface area (Å²) in [5.74, 6) is 0.684. The van der Waals surface area contributed by atoms with Crippen molar-refractivity contribution in [1.82, 2.24) is 9.97 Å². The molecule has 11 rings (SSSR count). The SMILES string of the molecule is c1ccc(N(c2ccccc2)c2ccc(-c3ccc4oc5cccc(-c6nc(-c7cccc8ccccc78)c7sc8ccccc8c7n6)c5c4c3)cc2)cc1. The lowest BCUT2D eigenvalue weighted by atomic mass is 9.99. The molecule has 0 saturated heterocycles. The Morgan fingerprint density at radius 3 is 1.89 bits per heavy atom. The average Bonchev–Trinajstić information content (AvgIpc) is 3.83. The first-order valence-electron chi connectivity index (χ1n) is 18.4. The van der Waals surface area contributed by atoms with Gasteiger partial charge in [0.05, 0.1) is 15.9 Å². The van der Waals surface area contributed by atoms with Crippen LogP contribution in [0, 0.1) is 0 Å². The molecule has 8 aromatic carbocycles. The fraction of sp³-hybridized carbons (Fsp3) is 0. The van der Waals surface area contributed by atoms with E-state index in [1.165, 1.54) is 15.5 Å². The quantitative estimate of drug-likeness (QED) is 0.171. The van der Waals surface area contributed by atoms with E-state index in [2.05, 4.69) is 181 Å². The molecule has 0 amide bonds. The van der Waals surface area contributed by atoms with Crippen molar-refractivity contribution in [2.75, 3.05) is 4.90 Å². The predicted octanol–water partition coefficient (Wildman–Crippen LogP) is 14.4. The third-order valence-corrected chi connectivity index (χ3v) is 11.7. The van der Waals surface area contributed by atoms with Crippen molar-refractivity contribution in [3.05, 3.63) is 188 Å². The lowest BCUT2D eigenvalue weighted by molar-refractivity contribution is 0.669. The Morgan fingerprint density at radius 2 is 1.09 bits per heavy atom. The first-order valence-corrected chi connectivity index (χ1v) is 19.2. The van der Waals surface area contributed by atoms with E-state index in [1.54, 1.807) is 11.3 Å². The van der Waals surface area contributed by atoms with Crippen LogP contribution in [0.2, 0.25) is 0 Å². The van der Waals surface area contributed by atoms with E-state index in [4.69, 9.17) is 14.4 Å². The fourth-order valence-corrected chi connectivity index (χ4v) is 9.07. The number of furan rings is 1. The van der Waals surface area contributed by atoms with Crippen molar-refractivity contribution in [3.63, 3.8) is 0 Å². The molecule has 0 unspecified atom stereocenters. The maximum Gasteiger partial charge on any atom is 0.161 e. The van der Waals surface area contributed by atoms with E-state index in [0.717, 1.165) is 82.6 Å². The molecule has 11 aromatic rings. The molecule has 0 radical (unpaired) electrons. The second-order valence-corrected chi connectivity index (χ2v) is 14.8. The van der Waals surface area contributed by atoms with Crippen molar-refractivity contribution in [2.45, 2.75) is 0 Å². The molecule has 0 aliphatic rings. The van der Waals surface area contributed by atoms with Crippen molar-refractivity contribution in [3.8, 4) is 33.8 Å². The number of hydrogen-bond acceptors (Lipinski definition) is 5. The molecule has 3 heterocycles. The number of fused-ring (bicyclic) bond motifs is 7. The summed E-state index contributed by atoms with van der Waals surface area (Å²) in [6.07, 6.45) is 0. The van der Waals surface area contributed by atoms with Gasteiger partial charge >= 0.3 is 0 Å². The van der Waals surface area contributed by atoms with E-state index < -0.39 is 0 Å². The van der Waals surface area contributed by atoms with E-state index in [1.807, 2.05) is 12.1 Å². The van der Waals surface area contributed by atoms with Crippen LogP contribution < -0.4 is 4.90 Å². The predicted molar refractivity (Wildman–Crippen MR) is 231 cm³/mol. The van der Waals surface area contributed by atoms with Gasteiger partial charge in [-0.15, -0.1) is 11.3 Å². The monoisotopic (exact) mass is 721 g/mol. The van der Waals surface area contributed by atoms with Gasteiger partial charge in [0.15, 0.2) is 5.82 Å². The molecule has 4 nitrogen and oxygen atoms in total. The Bertz CT molecular complexity index is 3160. The van der Waals surface area contributed by atoms with Gasteiger partial charge in [-0.05, 0) is 82.6 Å². The van der Waals surface area contributed by atoms with Gasteiger partial charge in [0, 0.05) is 49.0 Å². The minimum absolute atomic E-state index is 0.684. The summed E-state index contributed by atoms with van der Waals surface area (Å²) in [6.45, 7) is 0. The Hall–Kier alpha value is -7.08. The summed E-state index contributed by atoms with van der Waals surface area (Å²) in [5, 5.41) is 5.55. The maximum absolute atomic E-state index is 6.51. The lowest BCUT2D eigenvalue weighted by Crippen LogP contribution is -2.09. The van der Waals surface area contributed by atoms with Gasteiger partial charge in [0.25, 0.3) is 0 Å². The van der Waals surface area contributed by atoms with Gasteiger partial charge in [0.2, 0.25) is 0 Å². The van der Waals surface area contributed by atoms with E-state index in [-0.39, 0.29) is 0 Å². The highest BCUT2D eigenvalue weighted by molar-refractivity contribution is 7.26. The summed E-state index contributed by atoms with van der Waals surface area (Å²) in [5.41, 5.74) is 11.2. The smallest absolute Gasteiger partial charge is 0.161 e. The molecule has 0 bridgehead atoms. The van der Waals surface area contributed by atoms with Crippen LogP contribution in [0.5, 0.6) is 0 Å². The molecule has 0 fully saturated rings. The summed E-state index contributed by atoms with van der Waals surface area (Å²) in [6, 6.07) is 66.0. The zero-order valence-electron chi connectivity index (χ0n) is 29.6. The van der Waals surface area contributed by atoms with Crippen LogP contribution in [0.25, 0.3) is 86.8 Å². The van der Waals surface area contributed by atoms with Gasteiger partial charge in [-0.2, -0.15) is 0 Å². The van der Waals surface area contributed by atoms with Crippen LogP contribution >= 0.6 is 11.3 Å². The standard InChI is InChI=1S/C50H31N3OS/c1-3-15-35(16-4-1)53(36-17-5-2-6-18-36)37-28-25-32(26-29-37)34-27-30-43-42(31-34)46-41(22-12-23-44(46)54-43)50-51-47(39-21-11-14-33-13-7-8-19-38(33)39)49-48(52-50)40-20-9-10-24-45(40)55-49/h1-31H. The number of thiophene rings is 1. The molecule has 0 spiro atoms. The molecular formula is C50H31N3OS. The number of benzene rings is 8. The lowest BCUT2D eigenvalue weighted by Gasteiger charge is -2.25. The van der Waals surface area contributed by atoms with Crippen molar-refractivity contribution < 1.29 is 4.42 Å². The second kappa shape index (κ2) is 12.8. The number of anilines is 3. The van der Waals surface area contributed by atoms with Crippen molar-refractivity contribution in [2.24, 2.45) is 0 Å². The van der Waals surface area contributed by atoms with Crippen molar-refractivity contribution in [1.29, 1.82) is 0 Å². The number of rotatable bonds is 6. The van der Waals surface area contributed by atoms with E-state index in [9.17, 15) is 0 Å². The summed E-state index contributed by atoms with van der Waals surface area (Å²) in [4.78, 5) is 13.1. The van der Waals surface area contributed by atoms with Crippen LogP contribution in [-0.4, -0.2) is 9.97 Å². The van der Waals surface area contributed by atoms with E-state index in [0.29, 0.717) is 5.82 Å². The van der Waals surface area contributed by atoms with Crippen LogP contribution in [0.15, 0.2) is 192 Å². The molecule has 55 heavy (non-hydrogen) atoms. The van der Waals surface area contributed by atoms with Gasteiger partial charge in [-0.3, -0.25) is 0 Å². The van der Waals surface area contributed by atoms with Crippen LogP contribution in [0.3, 0.4) is 0 Å². The van der Waals surface area contributed by atoms with Gasteiger partial charge < -0.3 is 9.32 Å². The molecular weight excluding hydrogens is 691 g/mol. The first kappa shape index (κ1) is 31.4. The van der Waals surface area contributed by atoms with E-state index >= 15 is 0 Å². The number of hydrogen-bond donors (Lipinski definition) is 0. The number of para-hydroxylation sites is 2. The maximum atomic E-state index is 6.51. The molecule has 5 heteroatoms. The number of aromatic nitrogens is 2. The first-order chi connectivity index (χ1) is 27.3. The Kier molecular flexibility index (Phi) is 7.32. The molecule has 0 aliphatic heterocycles. The summed E-state index contributed by atoms with van der Waals surface area (Å²) < 4.78 is 8.80. The highest BCUT2D eigenvalue weighted by Gasteiger charge is 2.21. The fourth-order valence-electron chi connectivity index (χ4n) is 7.92. The third kappa shape index (κ3) is 5.28. The summed E-state index contributed by atoms with van der Waals surface area (Å²) in [7, 11) is 0. The minimum Gasteiger partial charge on any atom is -0.456 e. The molecule has 3 aromatic heterocycles. The van der Waals surface area contributed by atoms with Crippen molar-refractivity contribution >= 4 is 81.4 Å². The zero-order valence-corrected chi connectivity index (χ0v) is 30.4. The molecule has 258 valence electrons. The van der Waals surface area contributed by atoms with Crippen LogP contribution in [-0.2, 0) is 0 Å². The number of nitrogens with zero attached hydrogens (tertiary/aromatic N) is 3. The Morgan fingerprint density at radius 1 is 0.455 bits per heavy atom. The third-order valence-electron chi connectivity index (χ3n) is 10.5. The normalized spacial score (nSPS) is 11.6. The Labute approximate surface area is 321 Å². The Balaban J connectivity index is 1.07. The molecule has 0 N–H and O–H groups in total. The highest BCUT2D eigenvalue weighted by Crippen LogP contribution is 2.44. The van der Waals surface area contributed by atoms with Crippen LogP contribution in [0.1, 0.15) is 0 Å². The van der Waals surface area contributed by atoms with Gasteiger partial charge in [0.1, 0.15) is 11.2 Å². The second-order valence-electron chi connectivity index (χ2n) is 13.7. The topological polar surface area (TPSA) is 42.2 Å². The van der Waals surface area contributed by atoms with Gasteiger partial charge in [-0.1, -0.05) is 127 Å². The largest absolute Gasteiger partial charge is 0.456 e. The average molecular weight is 722 g/mol. The molecule has 0 saturated carbocycles. The highest BCUT2D eigenvalue weighted by atomic mass is 32.1. The summed E-state index contributed by atoms with van der Waals surface area (Å²) >= 11 is 1.76.